The Hall–Kier alpha value is -2.14. The number of para-hydroxylation sites is 1. The molecule has 0 N–H and O–H groups in total. The topological polar surface area (TPSA) is 43.3 Å². The Bertz CT molecular complexity index is 894. The summed E-state index contributed by atoms with van der Waals surface area (Å²) in [7, 11) is 0. The number of hydrogen-bond acceptors (Lipinski definition) is 3. The second-order valence-electron chi connectivity index (χ2n) is 4.23. The molecule has 3 aromatic heterocycles. The van der Waals surface area contributed by atoms with E-state index in [2.05, 4.69) is 26.0 Å². The van der Waals surface area contributed by atoms with Gasteiger partial charge in [0.05, 0.1) is 11.9 Å². The largest absolute Gasteiger partial charge is 0.464 e. The van der Waals surface area contributed by atoms with E-state index in [1.807, 2.05) is 42.6 Å². The van der Waals surface area contributed by atoms with Crippen LogP contribution >= 0.6 is 15.9 Å². The molecule has 0 saturated heterocycles. The zero-order valence-electron chi connectivity index (χ0n) is 9.75. The molecule has 19 heavy (non-hydrogen) atoms. The van der Waals surface area contributed by atoms with Crippen LogP contribution in [0.1, 0.15) is 0 Å². The lowest BCUT2D eigenvalue weighted by molar-refractivity contribution is 0.616. The maximum Gasteiger partial charge on any atom is 0.154 e. The first-order valence-electron chi connectivity index (χ1n) is 5.80. The minimum atomic E-state index is 0.772. The third-order valence-corrected chi connectivity index (χ3v) is 3.43. The van der Waals surface area contributed by atoms with E-state index in [0.29, 0.717) is 0 Å². The molecule has 4 aromatic rings. The number of halogens is 1. The first-order valence-corrected chi connectivity index (χ1v) is 6.59. The van der Waals surface area contributed by atoms with Crippen molar-refractivity contribution >= 4 is 32.5 Å². The Labute approximate surface area is 116 Å². The third-order valence-electron chi connectivity index (χ3n) is 3.05. The SMILES string of the molecule is Brc1cn2nc(-c3coc4ccccc34)ccc2n1. The summed E-state index contributed by atoms with van der Waals surface area (Å²) < 4.78 is 8.07. The van der Waals surface area contributed by atoms with Crippen LogP contribution in [0.4, 0.5) is 0 Å². The fraction of sp³-hybridized carbons (Fsp3) is 0. The molecule has 3 heterocycles. The van der Waals surface area contributed by atoms with Gasteiger partial charge in [-0.3, -0.25) is 0 Å². The van der Waals surface area contributed by atoms with Crippen molar-refractivity contribution in [1.82, 2.24) is 14.6 Å². The molecule has 4 rings (SSSR count). The molecule has 0 radical (unpaired) electrons. The molecule has 0 amide bonds. The Kier molecular flexibility index (Phi) is 2.22. The lowest BCUT2D eigenvalue weighted by atomic mass is 10.1. The van der Waals surface area contributed by atoms with Gasteiger partial charge >= 0.3 is 0 Å². The Morgan fingerprint density at radius 3 is 2.95 bits per heavy atom. The second-order valence-corrected chi connectivity index (χ2v) is 5.04. The summed E-state index contributed by atoms with van der Waals surface area (Å²) in [5.74, 6) is 0. The Morgan fingerprint density at radius 1 is 1.11 bits per heavy atom. The highest BCUT2D eigenvalue weighted by Gasteiger charge is 2.10. The molecule has 0 aliphatic rings. The highest BCUT2D eigenvalue weighted by atomic mass is 79.9. The summed E-state index contributed by atoms with van der Waals surface area (Å²) in [4.78, 5) is 4.29. The van der Waals surface area contributed by atoms with Crippen LogP contribution in [0.15, 0.2) is 57.9 Å². The molecule has 1 aromatic carbocycles. The van der Waals surface area contributed by atoms with E-state index in [0.717, 1.165) is 32.5 Å². The fourth-order valence-electron chi connectivity index (χ4n) is 2.17. The molecule has 0 aliphatic carbocycles. The van der Waals surface area contributed by atoms with Gasteiger partial charge in [-0.2, -0.15) is 5.10 Å². The second kappa shape index (κ2) is 3.93. The Balaban J connectivity index is 1.98. The van der Waals surface area contributed by atoms with Crippen molar-refractivity contribution in [3.8, 4) is 11.3 Å². The van der Waals surface area contributed by atoms with Crippen molar-refractivity contribution in [2.75, 3.05) is 0 Å². The average molecular weight is 314 g/mol. The predicted molar refractivity (Wildman–Crippen MR) is 75.9 cm³/mol. The van der Waals surface area contributed by atoms with Crippen LogP contribution in [0.25, 0.3) is 27.9 Å². The van der Waals surface area contributed by atoms with Gasteiger partial charge in [0.25, 0.3) is 0 Å². The van der Waals surface area contributed by atoms with Crippen LogP contribution in [0.5, 0.6) is 0 Å². The molecule has 0 aliphatic heterocycles. The van der Waals surface area contributed by atoms with Gasteiger partial charge < -0.3 is 4.42 Å². The summed E-state index contributed by atoms with van der Waals surface area (Å²) in [6.07, 6.45) is 3.58. The molecule has 0 bridgehead atoms. The van der Waals surface area contributed by atoms with Crippen LogP contribution in [-0.4, -0.2) is 14.6 Å². The van der Waals surface area contributed by atoms with E-state index in [-0.39, 0.29) is 0 Å². The van der Waals surface area contributed by atoms with E-state index < -0.39 is 0 Å². The monoisotopic (exact) mass is 313 g/mol. The van der Waals surface area contributed by atoms with Crippen LogP contribution in [-0.2, 0) is 0 Å². The van der Waals surface area contributed by atoms with Gasteiger partial charge in [-0.25, -0.2) is 9.50 Å². The van der Waals surface area contributed by atoms with Crippen molar-refractivity contribution < 1.29 is 4.42 Å². The van der Waals surface area contributed by atoms with Crippen LogP contribution in [0, 0.1) is 0 Å². The minimum Gasteiger partial charge on any atom is -0.464 e. The summed E-state index contributed by atoms with van der Waals surface area (Å²) in [6, 6.07) is 11.8. The lowest BCUT2D eigenvalue weighted by Crippen LogP contribution is -1.92. The van der Waals surface area contributed by atoms with E-state index in [4.69, 9.17) is 4.42 Å². The molecular formula is C14H8BrN3O. The first-order chi connectivity index (χ1) is 9.31. The molecule has 0 fully saturated rings. The molecule has 0 unspecified atom stereocenters. The van der Waals surface area contributed by atoms with Gasteiger partial charge in [0.15, 0.2) is 5.65 Å². The number of imidazole rings is 1. The minimum absolute atomic E-state index is 0.772. The van der Waals surface area contributed by atoms with Crippen LogP contribution in [0.2, 0.25) is 0 Å². The van der Waals surface area contributed by atoms with Gasteiger partial charge in [-0.05, 0) is 34.1 Å². The van der Waals surface area contributed by atoms with Crippen molar-refractivity contribution in [3.63, 3.8) is 0 Å². The van der Waals surface area contributed by atoms with E-state index in [9.17, 15) is 0 Å². The van der Waals surface area contributed by atoms with E-state index in [1.165, 1.54) is 0 Å². The molecule has 4 nitrogen and oxygen atoms in total. The maximum atomic E-state index is 5.55. The maximum absolute atomic E-state index is 5.55. The number of benzene rings is 1. The zero-order chi connectivity index (χ0) is 12.8. The number of nitrogens with zero attached hydrogens (tertiary/aromatic N) is 3. The van der Waals surface area contributed by atoms with Gasteiger partial charge in [0, 0.05) is 10.9 Å². The number of hydrogen-bond donors (Lipinski definition) is 0. The smallest absolute Gasteiger partial charge is 0.154 e. The number of furan rings is 1. The summed E-state index contributed by atoms with van der Waals surface area (Å²) >= 11 is 3.35. The predicted octanol–water partition coefficient (Wildman–Crippen LogP) is 3.91. The summed E-state index contributed by atoms with van der Waals surface area (Å²) in [5, 5.41) is 5.62. The van der Waals surface area contributed by atoms with Gasteiger partial charge in [0.1, 0.15) is 16.4 Å². The van der Waals surface area contributed by atoms with Crippen LogP contribution < -0.4 is 0 Å². The average Bonchev–Trinajstić information content (AvgIpc) is 2.99. The number of fused-ring (bicyclic) bond motifs is 2. The number of rotatable bonds is 1. The third kappa shape index (κ3) is 1.66. The van der Waals surface area contributed by atoms with Crippen molar-refractivity contribution in [1.29, 1.82) is 0 Å². The van der Waals surface area contributed by atoms with Crippen molar-refractivity contribution in [2.24, 2.45) is 0 Å². The number of aromatic nitrogens is 3. The lowest BCUT2D eigenvalue weighted by Gasteiger charge is -1.98. The highest BCUT2D eigenvalue weighted by Crippen LogP contribution is 2.29. The van der Waals surface area contributed by atoms with Crippen molar-refractivity contribution in [3.05, 3.63) is 53.5 Å². The molecule has 0 spiro atoms. The molecular weight excluding hydrogens is 306 g/mol. The normalized spacial score (nSPS) is 11.4. The van der Waals surface area contributed by atoms with E-state index in [1.54, 1.807) is 10.8 Å². The fourth-order valence-corrected chi connectivity index (χ4v) is 2.55. The molecule has 5 heteroatoms. The van der Waals surface area contributed by atoms with Crippen molar-refractivity contribution in [2.45, 2.75) is 0 Å². The Morgan fingerprint density at radius 2 is 2.00 bits per heavy atom. The first kappa shape index (κ1) is 10.8. The van der Waals surface area contributed by atoms with Gasteiger partial charge in [-0.15, -0.1) is 0 Å². The van der Waals surface area contributed by atoms with Gasteiger partial charge in [-0.1, -0.05) is 18.2 Å². The standard InChI is InChI=1S/C14H8BrN3O/c15-13-7-18-14(16-13)6-5-11(17-18)10-8-19-12-4-2-1-3-9(10)12/h1-8H. The highest BCUT2D eigenvalue weighted by molar-refractivity contribution is 9.10. The molecule has 0 saturated carbocycles. The summed E-state index contributed by atoms with van der Waals surface area (Å²) in [6.45, 7) is 0. The molecule has 0 atom stereocenters. The quantitative estimate of drug-likeness (QED) is 0.535. The molecule has 92 valence electrons. The van der Waals surface area contributed by atoms with Gasteiger partial charge in [0.2, 0.25) is 0 Å². The summed E-state index contributed by atoms with van der Waals surface area (Å²) in [5.41, 5.74) is 3.53. The van der Waals surface area contributed by atoms with E-state index >= 15 is 0 Å². The van der Waals surface area contributed by atoms with Crippen LogP contribution in [0.3, 0.4) is 0 Å². The zero-order valence-corrected chi connectivity index (χ0v) is 11.3.